The number of nitrogens with one attached hydrogen (secondary N) is 2. The van der Waals surface area contributed by atoms with Crippen molar-refractivity contribution in [3.05, 3.63) is 59.9 Å². The van der Waals surface area contributed by atoms with Crippen LogP contribution >= 0.6 is 0 Å². The van der Waals surface area contributed by atoms with Crippen molar-refractivity contribution in [1.82, 2.24) is 30.4 Å². The van der Waals surface area contributed by atoms with Crippen LogP contribution in [0, 0.1) is 0 Å². The fraction of sp³-hybridized carbons (Fsp3) is 0.333. The first-order valence-corrected chi connectivity index (χ1v) is 10.2. The molecule has 6 nitrogen and oxygen atoms in total. The van der Waals surface area contributed by atoms with E-state index in [1.165, 1.54) is 0 Å². The summed E-state index contributed by atoms with van der Waals surface area (Å²) in [6, 6.07) is 12.3. The van der Waals surface area contributed by atoms with E-state index in [9.17, 15) is 0 Å². The predicted octanol–water partition coefficient (Wildman–Crippen LogP) is 5.52. The molecule has 0 aliphatic heterocycles. The van der Waals surface area contributed by atoms with Gasteiger partial charge in [-0.15, -0.1) is 0 Å². The lowest BCUT2D eigenvalue weighted by atomic mass is 9.80. The van der Waals surface area contributed by atoms with Crippen molar-refractivity contribution in [2.45, 2.75) is 52.4 Å². The summed E-state index contributed by atoms with van der Waals surface area (Å²) in [7, 11) is 0. The molecule has 0 spiro atoms. The van der Waals surface area contributed by atoms with Crippen molar-refractivity contribution < 1.29 is 0 Å². The largest absolute Gasteiger partial charge is 0.276 e. The Morgan fingerprint density at radius 2 is 0.967 bits per heavy atom. The van der Waals surface area contributed by atoms with Crippen molar-refractivity contribution in [1.29, 1.82) is 0 Å². The Balaban J connectivity index is 2.02. The van der Waals surface area contributed by atoms with Gasteiger partial charge in [0.2, 0.25) is 0 Å². The zero-order valence-electron chi connectivity index (χ0n) is 18.4. The molecule has 0 amide bonds. The molecule has 0 aromatic carbocycles. The molecule has 6 heteroatoms. The molecule has 0 saturated carbocycles. The lowest BCUT2D eigenvalue weighted by Gasteiger charge is -2.27. The SMILES string of the molecule is CC(C)(C)c1ccc(-c2ccn[nH]2)nc1-c1nc(-c2ccn[nH]2)ccc1C(C)(C)C. The molecule has 0 radical (unpaired) electrons. The monoisotopic (exact) mass is 400 g/mol. The Morgan fingerprint density at radius 3 is 1.27 bits per heavy atom. The zero-order chi connectivity index (χ0) is 21.5. The molecule has 0 aliphatic rings. The summed E-state index contributed by atoms with van der Waals surface area (Å²) in [5.41, 5.74) is 7.43. The van der Waals surface area contributed by atoms with Crippen LogP contribution in [0.2, 0.25) is 0 Å². The van der Waals surface area contributed by atoms with Gasteiger partial charge in [0.1, 0.15) is 0 Å². The molecule has 4 aromatic rings. The molecule has 2 N–H and O–H groups in total. The van der Waals surface area contributed by atoms with E-state index in [4.69, 9.17) is 9.97 Å². The van der Waals surface area contributed by atoms with Crippen LogP contribution < -0.4 is 0 Å². The number of rotatable bonds is 3. The standard InChI is InChI=1S/C24H28N6/c1-23(2,3)15-7-9-17(19-11-13-25-29-19)27-21(15)22-16(24(4,5)6)8-10-18(28-22)20-12-14-26-30-20/h7-14H,1-6H3,(H,25,29)(H,26,30). The summed E-state index contributed by atoms with van der Waals surface area (Å²) >= 11 is 0. The van der Waals surface area contributed by atoms with Gasteiger partial charge in [0.15, 0.2) is 0 Å². The van der Waals surface area contributed by atoms with Gasteiger partial charge in [-0.3, -0.25) is 10.2 Å². The van der Waals surface area contributed by atoms with Gasteiger partial charge in [-0.05, 0) is 46.2 Å². The smallest absolute Gasteiger partial charge is 0.0934 e. The number of hydrogen-bond acceptors (Lipinski definition) is 4. The molecule has 0 aliphatic carbocycles. The van der Waals surface area contributed by atoms with Gasteiger partial charge in [0, 0.05) is 12.4 Å². The van der Waals surface area contributed by atoms with E-state index in [1.54, 1.807) is 12.4 Å². The second kappa shape index (κ2) is 7.20. The van der Waals surface area contributed by atoms with Crippen molar-refractivity contribution >= 4 is 0 Å². The second-order valence-corrected chi connectivity index (χ2v) is 9.63. The van der Waals surface area contributed by atoms with Crippen LogP contribution in [0.3, 0.4) is 0 Å². The maximum absolute atomic E-state index is 5.09. The molecule has 0 bridgehead atoms. The zero-order valence-corrected chi connectivity index (χ0v) is 18.4. The minimum Gasteiger partial charge on any atom is -0.276 e. The van der Waals surface area contributed by atoms with Crippen molar-refractivity contribution in [2.75, 3.05) is 0 Å². The van der Waals surface area contributed by atoms with E-state index in [2.05, 4.69) is 74.1 Å². The molecule has 4 heterocycles. The number of aromatic nitrogens is 6. The average molecular weight is 401 g/mol. The normalized spacial score (nSPS) is 12.3. The molecule has 0 fully saturated rings. The van der Waals surface area contributed by atoms with Crippen molar-refractivity contribution in [2.24, 2.45) is 0 Å². The van der Waals surface area contributed by atoms with E-state index in [1.807, 2.05) is 24.3 Å². The Morgan fingerprint density at radius 1 is 0.567 bits per heavy atom. The summed E-state index contributed by atoms with van der Waals surface area (Å²) in [4.78, 5) is 10.2. The Labute approximate surface area is 177 Å². The fourth-order valence-electron chi connectivity index (χ4n) is 3.59. The predicted molar refractivity (Wildman–Crippen MR) is 120 cm³/mol. The van der Waals surface area contributed by atoms with Crippen LogP contribution in [0.15, 0.2) is 48.8 Å². The lowest BCUT2D eigenvalue weighted by Crippen LogP contribution is -2.18. The third-order valence-electron chi connectivity index (χ3n) is 5.18. The third-order valence-corrected chi connectivity index (χ3v) is 5.18. The van der Waals surface area contributed by atoms with Crippen molar-refractivity contribution in [3.63, 3.8) is 0 Å². The van der Waals surface area contributed by atoms with Gasteiger partial charge in [-0.1, -0.05) is 53.7 Å². The highest BCUT2D eigenvalue weighted by Crippen LogP contribution is 2.38. The minimum atomic E-state index is -0.0876. The summed E-state index contributed by atoms with van der Waals surface area (Å²) in [5.74, 6) is 0. The van der Waals surface area contributed by atoms with Crippen LogP contribution in [-0.4, -0.2) is 30.4 Å². The van der Waals surface area contributed by atoms with E-state index in [-0.39, 0.29) is 10.8 Å². The fourth-order valence-corrected chi connectivity index (χ4v) is 3.59. The Hall–Kier alpha value is -3.28. The van der Waals surface area contributed by atoms with E-state index < -0.39 is 0 Å². The highest BCUT2D eigenvalue weighted by Gasteiger charge is 2.27. The van der Waals surface area contributed by atoms with E-state index in [0.717, 1.165) is 45.3 Å². The van der Waals surface area contributed by atoms with Crippen LogP contribution in [0.5, 0.6) is 0 Å². The molecule has 4 aromatic heterocycles. The molecule has 4 rings (SSSR count). The maximum Gasteiger partial charge on any atom is 0.0934 e. The van der Waals surface area contributed by atoms with Crippen LogP contribution in [0.4, 0.5) is 0 Å². The van der Waals surface area contributed by atoms with Gasteiger partial charge in [-0.25, -0.2) is 9.97 Å². The second-order valence-electron chi connectivity index (χ2n) is 9.63. The first kappa shape index (κ1) is 20.0. The molecular weight excluding hydrogens is 372 g/mol. The Kier molecular flexibility index (Phi) is 4.80. The van der Waals surface area contributed by atoms with Gasteiger partial charge in [0.25, 0.3) is 0 Å². The minimum absolute atomic E-state index is 0.0876. The third kappa shape index (κ3) is 3.77. The number of H-pyrrole nitrogens is 2. The van der Waals surface area contributed by atoms with E-state index >= 15 is 0 Å². The van der Waals surface area contributed by atoms with Gasteiger partial charge >= 0.3 is 0 Å². The first-order chi connectivity index (χ1) is 14.1. The summed E-state index contributed by atoms with van der Waals surface area (Å²) in [6.07, 6.45) is 3.48. The van der Waals surface area contributed by atoms with Crippen LogP contribution in [0.1, 0.15) is 52.7 Å². The summed E-state index contributed by atoms with van der Waals surface area (Å²) in [6.45, 7) is 13.2. The van der Waals surface area contributed by atoms with E-state index in [0.29, 0.717) is 0 Å². The Bertz CT molecular complexity index is 1050. The molecule has 0 unspecified atom stereocenters. The number of aromatic amines is 2. The average Bonchev–Trinajstić information content (AvgIpc) is 3.39. The molecule has 154 valence electrons. The number of nitrogens with zero attached hydrogens (tertiary/aromatic N) is 4. The highest BCUT2D eigenvalue weighted by atomic mass is 15.1. The molecular formula is C24H28N6. The van der Waals surface area contributed by atoms with Crippen LogP contribution in [0.25, 0.3) is 34.2 Å². The van der Waals surface area contributed by atoms with Crippen LogP contribution in [-0.2, 0) is 10.8 Å². The quantitative estimate of drug-likeness (QED) is 0.474. The molecule has 0 atom stereocenters. The lowest BCUT2D eigenvalue weighted by molar-refractivity contribution is 0.581. The summed E-state index contributed by atoms with van der Waals surface area (Å²) in [5, 5.41) is 14.2. The topological polar surface area (TPSA) is 83.1 Å². The highest BCUT2D eigenvalue weighted by molar-refractivity contribution is 5.72. The first-order valence-electron chi connectivity index (χ1n) is 10.2. The van der Waals surface area contributed by atoms with Gasteiger partial charge in [-0.2, -0.15) is 10.2 Å². The maximum atomic E-state index is 5.09. The van der Waals surface area contributed by atoms with Gasteiger partial charge in [0.05, 0.1) is 34.2 Å². The number of hydrogen-bond donors (Lipinski definition) is 2. The molecule has 30 heavy (non-hydrogen) atoms. The molecule has 0 saturated heterocycles. The van der Waals surface area contributed by atoms with Crippen molar-refractivity contribution in [3.8, 4) is 34.2 Å². The van der Waals surface area contributed by atoms with Gasteiger partial charge < -0.3 is 0 Å². The number of pyridine rings is 2. The summed E-state index contributed by atoms with van der Waals surface area (Å²) < 4.78 is 0.